The smallest absolute Gasteiger partial charge is 0.328 e. The van der Waals surface area contributed by atoms with Gasteiger partial charge in [0.05, 0.1) is 24.1 Å². The summed E-state index contributed by atoms with van der Waals surface area (Å²) in [5.74, 6) is 1.38. The summed E-state index contributed by atoms with van der Waals surface area (Å²) >= 11 is 0. The van der Waals surface area contributed by atoms with E-state index in [1.807, 2.05) is 51.4 Å². The van der Waals surface area contributed by atoms with Crippen molar-refractivity contribution in [3.8, 4) is 17.0 Å². The predicted octanol–water partition coefficient (Wildman–Crippen LogP) is 4.57. The van der Waals surface area contributed by atoms with Crippen LogP contribution < -0.4 is 16.0 Å². The monoisotopic (exact) mass is 768 g/mol. The second-order valence-electron chi connectivity index (χ2n) is 17.3. The molecule has 5 N–H and O–H groups in total. The highest BCUT2D eigenvalue weighted by molar-refractivity contribution is 5.92. The van der Waals surface area contributed by atoms with Crippen molar-refractivity contribution in [3.05, 3.63) is 54.1 Å². The molecule has 3 aliphatic heterocycles. The SMILES string of the molecule is CCOC(=O)[C@@H]1C[C@@H](O)CN1C(=O)[C@@H](NC(=O)C1CCC(c2cnc(C3CC4CCC3CN(c3cc(-c5ccccc5O)nnc3N)C4)nc2)CC1)C(C)(C)C. The number of para-hydroxylation sites is 1. The molecule has 0 spiro atoms. The number of phenolic OH excluding ortho intramolecular Hbond substituents is 1. The number of nitrogens with one attached hydrogen (secondary N) is 1. The fourth-order valence-electron chi connectivity index (χ4n) is 9.39. The van der Waals surface area contributed by atoms with Gasteiger partial charge in [-0.1, -0.05) is 32.9 Å². The number of benzene rings is 1. The third-order valence-corrected chi connectivity index (χ3v) is 12.5. The van der Waals surface area contributed by atoms with Crippen molar-refractivity contribution < 1.29 is 29.3 Å². The van der Waals surface area contributed by atoms with Crippen LogP contribution >= 0.6 is 0 Å². The first-order valence-electron chi connectivity index (χ1n) is 20.2. The van der Waals surface area contributed by atoms with E-state index in [2.05, 4.69) is 20.4 Å². The van der Waals surface area contributed by atoms with E-state index in [-0.39, 0.29) is 54.9 Å². The second kappa shape index (κ2) is 16.3. The number of nitrogens with two attached hydrogens (primary N) is 1. The van der Waals surface area contributed by atoms with E-state index in [0.717, 1.165) is 62.3 Å². The van der Waals surface area contributed by atoms with Gasteiger partial charge in [-0.2, -0.15) is 0 Å². The van der Waals surface area contributed by atoms with Crippen LogP contribution in [0.15, 0.2) is 42.7 Å². The molecule has 0 radical (unpaired) electrons. The molecule has 5 aliphatic rings. The first-order valence-corrected chi connectivity index (χ1v) is 20.2. The molecular formula is C42H56N8O6. The number of carbonyl (C=O) groups is 3. The molecule has 300 valence electrons. The average molecular weight is 769 g/mol. The Morgan fingerprint density at radius 2 is 1.71 bits per heavy atom. The van der Waals surface area contributed by atoms with Gasteiger partial charge in [0.1, 0.15) is 23.7 Å². The first-order chi connectivity index (χ1) is 26.8. The van der Waals surface area contributed by atoms with Crippen LogP contribution in [-0.4, -0.2) is 97.5 Å². The number of anilines is 2. The van der Waals surface area contributed by atoms with Crippen LogP contribution in [0.4, 0.5) is 11.5 Å². The molecule has 2 bridgehead atoms. The van der Waals surface area contributed by atoms with E-state index in [1.54, 1.807) is 19.1 Å². The lowest BCUT2D eigenvalue weighted by molar-refractivity contribution is -0.155. The Morgan fingerprint density at radius 3 is 2.41 bits per heavy atom. The van der Waals surface area contributed by atoms with E-state index in [4.69, 9.17) is 20.4 Å². The highest BCUT2D eigenvalue weighted by Gasteiger charge is 2.46. The van der Waals surface area contributed by atoms with Crippen molar-refractivity contribution in [2.45, 2.75) is 109 Å². The molecule has 14 nitrogen and oxygen atoms in total. The Hall–Kier alpha value is -4.85. The number of likely N-dealkylation sites (tertiary alicyclic amines) is 1. The fourth-order valence-corrected chi connectivity index (χ4v) is 9.39. The maximum atomic E-state index is 13.8. The largest absolute Gasteiger partial charge is 0.507 e. The molecule has 14 heteroatoms. The minimum Gasteiger partial charge on any atom is -0.507 e. The van der Waals surface area contributed by atoms with Gasteiger partial charge in [0.15, 0.2) is 5.82 Å². The number of amides is 2. The molecule has 6 atom stereocenters. The molecule has 56 heavy (non-hydrogen) atoms. The fraction of sp³-hybridized carbons (Fsp3) is 0.595. The van der Waals surface area contributed by atoms with Gasteiger partial charge in [-0.15, -0.1) is 10.2 Å². The van der Waals surface area contributed by atoms with E-state index in [1.165, 1.54) is 4.90 Å². The zero-order chi connectivity index (χ0) is 39.7. The van der Waals surface area contributed by atoms with Gasteiger partial charge < -0.3 is 35.8 Å². The van der Waals surface area contributed by atoms with Gasteiger partial charge in [-0.3, -0.25) is 9.59 Å². The van der Waals surface area contributed by atoms with Crippen LogP contribution in [0.2, 0.25) is 0 Å². The lowest BCUT2D eigenvalue weighted by atomic mass is 9.75. The number of nitrogens with zero attached hydrogens (tertiary/aromatic N) is 6. The van der Waals surface area contributed by atoms with E-state index < -0.39 is 29.6 Å². The maximum Gasteiger partial charge on any atom is 0.328 e. The number of aliphatic hydroxyl groups excluding tert-OH is 1. The van der Waals surface area contributed by atoms with E-state index in [9.17, 15) is 24.6 Å². The number of carbonyl (C=O) groups excluding carboxylic acids is 3. The van der Waals surface area contributed by atoms with Crippen LogP contribution in [0.5, 0.6) is 5.75 Å². The van der Waals surface area contributed by atoms with Crippen LogP contribution in [0.25, 0.3) is 11.3 Å². The molecule has 2 aliphatic carbocycles. The summed E-state index contributed by atoms with van der Waals surface area (Å²) < 4.78 is 5.18. The number of nitrogen functional groups attached to an aromatic ring is 1. The highest BCUT2D eigenvalue weighted by Crippen LogP contribution is 2.45. The maximum absolute atomic E-state index is 13.8. The minimum absolute atomic E-state index is 0.0261. The number of β-amino-alcohol motifs (C(OH)–C–C–N with tert-alkyl or cyclic N) is 1. The van der Waals surface area contributed by atoms with Crippen LogP contribution in [0.3, 0.4) is 0 Å². The number of aromatic nitrogens is 4. The molecule has 2 amide bonds. The average Bonchev–Trinajstić information content (AvgIpc) is 3.34. The van der Waals surface area contributed by atoms with Gasteiger partial charge >= 0.3 is 5.97 Å². The second-order valence-corrected chi connectivity index (χ2v) is 17.3. The normalized spacial score (nSPS) is 27.1. The van der Waals surface area contributed by atoms with Crippen molar-refractivity contribution >= 4 is 29.3 Å². The van der Waals surface area contributed by atoms with E-state index in [0.29, 0.717) is 41.8 Å². The van der Waals surface area contributed by atoms with Crippen molar-refractivity contribution in [1.82, 2.24) is 30.4 Å². The molecule has 1 aromatic carbocycles. The summed E-state index contributed by atoms with van der Waals surface area (Å²) in [5.41, 5.74) is 8.90. The lowest BCUT2D eigenvalue weighted by Gasteiger charge is -2.36. The number of aliphatic hydroxyl groups is 1. The molecule has 5 heterocycles. The molecule has 5 fully saturated rings. The van der Waals surface area contributed by atoms with Gasteiger partial charge in [-0.25, -0.2) is 14.8 Å². The summed E-state index contributed by atoms with van der Waals surface area (Å²) in [4.78, 5) is 53.7. The van der Waals surface area contributed by atoms with Crippen molar-refractivity contribution in [1.29, 1.82) is 0 Å². The molecule has 3 unspecified atom stereocenters. The first kappa shape index (κ1) is 39.4. The molecular weight excluding hydrogens is 713 g/mol. The minimum atomic E-state index is -0.870. The number of fused-ring (bicyclic) bond motifs is 4. The molecule has 2 saturated carbocycles. The lowest BCUT2D eigenvalue weighted by Crippen LogP contribution is -2.57. The Kier molecular flexibility index (Phi) is 11.5. The molecule has 3 saturated heterocycles. The van der Waals surface area contributed by atoms with E-state index >= 15 is 0 Å². The zero-order valence-electron chi connectivity index (χ0n) is 32.9. The number of esters is 1. The summed E-state index contributed by atoms with van der Waals surface area (Å²) in [6.07, 6.45) is 9.45. The van der Waals surface area contributed by atoms with Crippen molar-refractivity contribution in [2.75, 3.05) is 36.9 Å². The number of ether oxygens (including phenoxy) is 1. The molecule has 2 aromatic heterocycles. The number of hydrogen-bond donors (Lipinski definition) is 4. The Bertz CT molecular complexity index is 1890. The summed E-state index contributed by atoms with van der Waals surface area (Å²) in [7, 11) is 0. The third-order valence-electron chi connectivity index (χ3n) is 12.5. The number of hydrogen-bond acceptors (Lipinski definition) is 12. The van der Waals surface area contributed by atoms with Crippen LogP contribution in [0.1, 0.15) is 102 Å². The number of phenols is 1. The van der Waals surface area contributed by atoms with Gasteiger partial charge in [0.2, 0.25) is 11.8 Å². The Morgan fingerprint density at radius 1 is 0.982 bits per heavy atom. The standard InChI is InChI=1S/C42H56N8O6/c1-5-56-41(55)34-17-29(51)23-50(34)40(54)36(42(2,3)4)46-39(53)26-14-12-25(13-15-26)28-19-44-38(45-20-28)31-16-24-10-11-27(31)22-49(21-24)33-18-32(47-48-37(33)43)30-8-6-7-9-35(30)52/h6-9,18-20,24-27,29,31,34,36,51-52H,5,10-17,21-23H2,1-4H3,(H2,43,48)(H,46,53)/t24?,25?,26?,27?,29-,31?,34+,36-/m1/s1. The van der Waals surface area contributed by atoms with Gasteiger partial charge in [0.25, 0.3) is 0 Å². The van der Waals surface area contributed by atoms with Crippen LogP contribution in [-0.2, 0) is 19.1 Å². The topological polar surface area (TPSA) is 197 Å². The number of rotatable bonds is 9. The predicted molar refractivity (Wildman–Crippen MR) is 210 cm³/mol. The highest BCUT2D eigenvalue weighted by atomic mass is 16.5. The molecule has 8 rings (SSSR count). The summed E-state index contributed by atoms with van der Waals surface area (Å²) in [6.45, 7) is 9.25. The molecule has 3 aromatic rings. The Labute approximate surface area is 328 Å². The number of aromatic hydroxyl groups is 1. The summed E-state index contributed by atoms with van der Waals surface area (Å²) in [5, 5.41) is 32.4. The zero-order valence-corrected chi connectivity index (χ0v) is 32.9. The van der Waals surface area contributed by atoms with Gasteiger partial charge in [0, 0.05) is 55.8 Å². The van der Waals surface area contributed by atoms with Crippen molar-refractivity contribution in [3.63, 3.8) is 0 Å². The Balaban J connectivity index is 0.964. The summed E-state index contributed by atoms with van der Waals surface area (Å²) in [6, 6.07) is 7.32. The van der Waals surface area contributed by atoms with Crippen molar-refractivity contribution in [2.24, 2.45) is 23.2 Å². The van der Waals surface area contributed by atoms with Gasteiger partial charge in [-0.05, 0) is 98.8 Å². The third kappa shape index (κ3) is 8.30. The quantitative estimate of drug-likeness (QED) is 0.222. The van der Waals surface area contributed by atoms with Crippen LogP contribution in [0, 0.1) is 23.2 Å².